The predicted octanol–water partition coefficient (Wildman–Crippen LogP) is 0.264. The molecule has 5 nitrogen and oxygen atoms in total. The largest absolute Gasteiger partial charge is 0.394 e. The first-order chi connectivity index (χ1) is 8.01. The smallest absolute Gasteiger partial charge is 0.237 e. The lowest BCUT2D eigenvalue weighted by Crippen LogP contribution is -2.47. The molecule has 0 aromatic rings. The van der Waals surface area contributed by atoms with Crippen LogP contribution in [0.3, 0.4) is 0 Å². The third kappa shape index (κ3) is 8.12. The molecule has 0 aliphatic rings. The minimum absolute atomic E-state index is 0.0469. The molecule has 0 aliphatic carbocycles. The maximum atomic E-state index is 11.7. The normalized spacial score (nSPS) is 14.7. The Labute approximate surface area is 104 Å². The van der Waals surface area contributed by atoms with Crippen LogP contribution in [0.4, 0.5) is 0 Å². The van der Waals surface area contributed by atoms with Crippen LogP contribution >= 0.6 is 0 Å². The molecule has 0 aliphatic heterocycles. The lowest BCUT2D eigenvalue weighted by atomic mass is 10.0. The van der Waals surface area contributed by atoms with Gasteiger partial charge < -0.3 is 20.9 Å². The van der Waals surface area contributed by atoms with E-state index in [0.717, 1.165) is 12.8 Å². The zero-order valence-corrected chi connectivity index (χ0v) is 11.1. The van der Waals surface area contributed by atoms with Gasteiger partial charge in [-0.05, 0) is 25.2 Å². The first-order valence-electron chi connectivity index (χ1n) is 6.17. The van der Waals surface area contributed by atoms with Crippen LogP contribution in [-0.4, -0.2) is 43.4 Å². The molecule has 2 atom stereocenters. The summed E-state index contributed by atoms with van der Waals surface area (Å²) < 4.78 is 4.90. The van der Waals surface area contributed by atoms with E-state index in [1.165, 1.54) is 0 Å². The van der Waals surface area contributed by atoms with Crippen molar-refractivity contribution in [2.24, 2.45) is 11.7 Å². The predicted molar refractivity (Wildman–Crippen MR) is 67.6 cm³/mol. The van der Waals surface area contributed by atoms with Crippen LogP contribution in [0.1, 0.15) is 33.1 Å². The number of rotatable bonds is 9. The van der Waals surface area contributed by atoms with Crippen molar-refractivity contribution in [2.75, 3.05) is 20.3 Å². The highest BCUT2D eigenvalue weighted by Crippen LogP contribution is 2.05. The van der Waals surface area contributed by atoms with Crippen molar-refractivity contribution < 1.29 is 14.6 Å². The van der Waals surface area contributed by atoms with Gasteiger partial charge in [-0.15, -0.1) is 0 Å². The van der Waals surface area contributed by atoms with Gasteiger partial charge in [0.05, 0.1) is 18.7 Å². The van der Waals surface area contributed by atoms with Gasteiger partial charge in [-0.25, -0.2) is 0 Å². The third-order valence-corrected chi connectivity index (χ3v) is 2.52. The van der Waals surface area contributed by atoms with Crippen LogP contribution in [0.5, 0.6) is 0 Å². The first kappa shape index (κ1) is 16.4. The minimum atomic E-state index is -0.522. The number of ether oxygens (including phenoxy) is 1. The summed E-state index contributed by atoms with van der Waals surface area (Å²) in [6, 6.07) is -0.720. The summed E-state index contributed by atoms with van der Waals surface area (Å²) in [6.45, 7) is 4.66. The molecule has 17 heavy (non-hydrogen) atoms. The summed E-state index contributed by atoms with van der Waals surface area (Å²) >= 11 is 0. The maximum absolute atomic E-state index is 11.7. The number of amides is 1. The number of hydrogen-bond acceptors (Lipinski definition) is 4. The van der Waals surface area contributed by atoms with E-state index in [1.807, 2.05) is 13.8 Å². The Morgan fingerprint density at radius 2 is 2.12 bits per heavy atom. The van der Waals surface area contributed by atoms with Crippen molar-refractivity contribution in [3.05, 3.63) is 0 Å². The monoisotopic (exact) mass is 246 g/mol. The summed E-state index contributed by atoms with van der Waals surface area (Å²) in [4.78, 5) is 11.7. The lowest BCUT2D eigenvalue weighted by Gasteiger charge is -2.20. The van der Waals surface area contributed by atoms with E-state index in [1.54, 1.807) is 7.11 Å². The zero-order valence-electron chi connectivity index (χ0n) is 11.1. The summed E-state index contributed by atoms with van der Waals surface area (Å²) in [7, 11) is 1.62. The minimum Gasteiger partial charge on any atom is -0.394 e. The van der Waals surface area contributed by atoms with Gasteiger partial charge in [0.1, 0.15) is 0 Å². The molecule has 1 amide bonds. The van der Waals surface area contributed by atoms with Gasteiger partial charge >= 0.3 is 0 Å². The number of methoxy groups -OCH3 is 1. The Hall–Kier alpha value is -0.650. The van der Waals surface area contributed by atoms with Gasteiger partial charge in [-0.3, -0.25) is 4.79 Å². The second kappa shape index (κ2) is 9.39. The number of carbonyl (C=O) groups excluding carboxylic acids is 1. The Balaban J connectivity index is 3.94. The highest BCUT2D eigenvalue weighted by molar-refractivity contribution is 5.81. The maximum Gasteiger partial charge on any atom is 0.237 e. The molecular weight excluding hydrogens is 220 g/mol. The number of aliphatic hydroxyl groups is 1. The molecule has 0 radical (unpaired) electrons. The van der Waals surface area contributed by atoms with E-state index in [-0.39, 0.29) is 18.6 Å². The van der Waals surface area contributed by atoms with E-state index in [4.69, 9.17) is 15.6 Å². The number of hydrogen-bond donors (Lipinski definition) is 3. The highest BCUT2D eigenvalue weighted by Gasteiger charge is 2.18. The third-order valence-electron chi connectivity index (χ3n) is 2.52. The molecule has 0 aromatic heterocycles. The van der Waals surface area contributed by atoms with Gasteiger partial charge in [0.2, 0.25) is 5.91 Å². The number of aliphatic hydroxyl groups excluding tert-OH is 1. The molecule has 0 saturated carbocycles. The Kier molecular flexibility index (Phi) is 9.03. The Morgan fingerprint density at radius 1 is 1.47 bits per heavy atom. The standard InChI is InChI=1S/C12H26N2O3/c1-9(2)7-10(8-15)14-12(16)11(13)5-4-6-17-3/h9-11,15H,4-8,13H2,1-3H3,(H,14,16). The quantitative estimate of drug-likeness (QED) is 0.510. The van der Waals surface area contributed by atoms with Gasteiger partial charge in [0.15, 0.2) is 0 Å². The SMILES string of the molecule is COCCCC(N)C(=O)NC(CO)CC(C)C. The lowest BCUT2D eigenvalue weighted by molar-refractivity contribution is -0.123. The van der Waals surface area contributed by atoms with E-state index >= 15 is 0 Å². The molecule has 0 saturated heterocycles. The topological polar surface area (TPSA) is 84.6 Å². The van der Waals surface area contributed by atoms with E-state index < -0.39 is 6.04 Å². The Bertz CT molecular complexity index is 210. The van der Waals surface area contributed by atoms with Crippen LogP contribution in [0.25, 0.3) is 0 Å². The zero-order chi connectivity index (χ0) is 13.3. The van der Waals surface area contributed by atoms with E-state index in [9.17, 15) is 4.79 Å². The van der Waals surface area contributed by atoms with Gasteiger partial charge in [-0.1, -0.05) is 13.8 Å². The van der Waals surface area contributed by atoms with Crippen molar-refractivity contribution in [3.8, 4) is 0 Å². The van der Waals surface area contributed by atoms with Crippen LogP contribution in [0.2, 0.25) is 0 Å². The molecule has 0 bridgehead atoms. The van der Waals surface area contributed by atoms with Crippen molar-refractivity contribution in [3.63, 3.8) is 0 Å². The summed E-state index contributed by atoms with van der Waals surface area (Å²) in [5, 5.41) is 11.9. The average molecular weight is 246 g/mol. The molecule has 0 spiro atoms. The van der Waals surface area contributed by atoms with Crippen LogP contribution in [-0.2, 0) is 9.53 Å². The van der Waals surface area contributed by atoms with Crippen LogP contribution in [0.15, 0.2) is 0 Å². The second-order valence-corrected chi connectivity index (χ2v) is 4.76. The van der Waals surface area contributed by atoms with Crippen molar-refractivity contribution in [1.82, 2.24) is 5.32 Å². The van der Waals surface area contributed by atoms with E-state index in [0.29, 0.717) is 18.9 Å². The highest BCUT2D eigenvalue weighted by atomic mass is 16.5. The molecular formula is C12H26N2O3. The van der Waals surface area contributed by atoms with Gasteiger partial charge in [0.25, 0.3) is 0 Å². The van der Waals surface area contributed by atoms with Crippen molar-refractivity contribution in [2.45, 2.75) is 45.2 Å². The molecule has 0 aromatic carbocycles. The fourth-order valence-electron chi connectivity index (χ4n) is 1.64. The molecule has 102 valence electrons. The molecule has 4 N–H and O–H groups in total. The molecule has 5 heteroatoms. The summed E-state index contributed by atoms with van der Waals surface area (Å²) in [5.74, 6) is 0.234. The number of nitrogens with one attached hydrogen (secondary N) is 1. The van der Waals surface area contributed by atoms with Gasteiger partial charge in [0, 0.05) is 13.7 Å². The molecule has 0 rings (SSSR count). The molecule has 2 unspecified atom stereocenters. The first-order valence-corrected chi connectivity index (χ1v) is 6.17. The van der Waals surface area contributed by atoms with E-state index in [2.05, 4.69) is 5.32 Å². The molecule has 0 heterocycles. The summed E-state index contributed by atoms with van der Waals surface area (Å²) in [5.41, 5.74) is 5.74. The van der Waals surface area contributed by atoms with Crippen molar-refractivity contribution >= 4 is 5.91 Å². The fraction of sp³-hybridized carbons (Fsp3) is 0.917. The number of carbonyl (C=O) groups is 1. The van der Waals surface area contributed by atoms with Crippen LogP contribution < -0.4 is 11.1 Å². The Morgan fingerprint density at radius 3 is 2.59 bits per heavy atom. The molecule has 0 fully saturated rings. The van der Waals surface area contributed by atoms with Gasteiger partial charge in [-0.2, -0.15) is 0 Å². The second-order valence-electron chi connectivity index (χ2n) is 4.76. The summed E-state index contributed by atoms with van der Waals surface area (Å²) in [6.07, 6.45) is 2.12. The van der Waals surface area contributed by atoms with Crippen LogP contribution in [0, 0.1) is 5.92 Å². The average Bonchev–Trinajstić information content (AvgIpc) is 2.27. The van der Waals surface area contributed by atoms with Crippen molar-refractivity contribution in [1.29, 1.82) is 0 Å². The fourth-order valence-corrected chi connectivity index (χ4v) is 1.64. The number of nitrogens with two attached hydrogens (primary N) is 1.